The maximum absolute atomic E-state index is 9.81. The Labute approximate surface area is 133 Å². The fourth-order valence-corrected chi connectivity index (χ4v) is 5.76. The Balaban J connectivity index is 1.65. The van der Waals surface area contributed by atoms with Crippen LogP contribution in [0.2, 0.25) is 0 Å². The van der Waals surface area contributed by atoms with Crippen LogP contribution in [0.1, 0.15) is 58.3 Å². The van der Waals surface area contributed by atoms with Crippen LogP contribution in [-0.2, 0) is 4.74 Å². The molecule has 0 aromatic carbocycles. The second-order valence-corrected chi connectivity index (χ2v) is 8.49. The first-order valence-electron chi connectivity index (χ1n) is 8.84. The predicted molar refractivity (Wildman–Crippen MR) is 88.9 cm³/mol. The molecule has 0 saturated carbocycles. The second kappa shape index (κ2) is 7.20. The average Bonchev–Trinajstić information content (AvgIpc) is 2.48. The van der Waals surface area contributed by atoms with Gasteiger partial charge in [0, 0.05) is 18.7 Å². The van der Waals surface area contributed by atoms with Gasteiger partial charge >= 0.3 is 0 Å². The maximum atomic E-state index is 9.81. The molecule has 1 spiro atoms. The fraction of sp³-hybridized carbons (Fsp3) is 1.00. The number of nitrogens with zero attached hydrogens (tertiary/aromatic N) is 1. The smallest absolute Gasteiger partial charge is 0.0713 e. The average molecular weight is 314 g/mol. The third-order valence-electron chi connectivity index (χ3n) is 5.63. The highest BCUT2D eigenvalue weighted by molar-refractivity contribution is 7.99. The third kappa shape index (κ3) is 3.95. The van der Waals surface area contributed by atoms with E-state index in [9.17, 15) is 5.11 Å². The van der Waals surface area contributed by atoms with Gasteiger partial charge in [0.05, 0.1) is 11.7 Å². The molecule has 3 saturated heterocycles. The number of aliphatic hydroxyl groups excluding tert-OH is 1. The van der Waals surface area contributed by atoms with Gasteiger partial charge in [0.2, 0.25) is 0 Å². The summed E-state index contributed by atoms with van der Waals surface area (Å²) in [5.41, 5.74) is 0.182. The van der Waals surface area contributed by atoms with Crippen molar-refractivity contribution in [3.05, 3.63) is 0 Å². The van der Waals surface area contributed by atoms with E-state index >= 15 is 0 Å². The summed E-state index contributed by atoms with van der Waals surface area (Å²) in [4.78, 5) is 2.74. The second-order valence-electron chi connectivity index (χ2n) is 7.26. The molecule has 0 aromatic rings. The molecule has 1 N–H and O–H groups in total. The Kier molecular flexibility index (Phi) is 5.52. The lowest BCUT2D eigenvalue weighted by molar-refractivity contribution is -0.119. The van der Waals surface area contributed by atoms with Crippen LogP contribution < -0.4 is 0 Å². The van der Waals surface area contributed by atoms with E-state index in [2.05, 4.69) is 16.7 Å². The van der Waals surface area contributed by atoms with E-state index in [0.29, 0.717) is 12.1 Å². The molecule has 0 aromatic heterocycles. The molecule has 3 rings (SSSR count). The molecule has 3 aliphatic rings. The summed E-state index contributed by atoms with van der Waals surface area (Å²) in [6.45, 7) is 4.11. The third-order valence-corrected chi connectivity index (χ3v) is 6.61. The first-order chi connectivity index (χ1) is 10.2. The molecule has 3 aliphatic heterocycles. The largest absolute Gasteiger partial charge is 0.393 e. The van der Waals surface area contributed by atoms with E-state index < -0.39 is 0 Å². The molecule has 3 nitrogen and oxygen atoms in total. The van der Waals surface area contributed by atoms with Crippen molar-refractivity contribution in [2.24, 2.45) is 0 Å². The summed E-state index contributed by atoms with van der Waals surface area (Å²) in [6.07, 6.45) is 9.59. The normalized spacial score (nSPS) is 35.7. The van der Waals surface area contributed by atoms with Gasteiger partial charge in [-0.2, -0.15) is 11.8 Å². The van der Waals surface area contributed by atoms with Crippen molar-refractivity contribution in [2.75, 3.05) is 24.7 Å². The molecular formula is C17H31NO2S. The molecule has 0 radical (unpaired) electrons. The van der Waals surface area contributed by atoms with Gasteiger partial charge in [-0.25, -0.2) is 0 Å². The quantitative estimate of drug-likeness (QED) is 0.868. The highest BCUT2D eigenvalue weighted by Gasteiger charge is 2.42. The van der Waals surface area contributed by atoms with E-state index in [0.717, 1.165) is 13.0 Å². The Bertz CT molecular complexity index is 325. The van der Waals surface area contributed by atoms with Crippen LogP contribution in [0.5, 0.6) is 0 Å². The van der Waals surface area contributed by atoms with Gasteiger partial charge in [-0.15, -0.1) is 0 Å². The SMILES string of the molecule is CC(O)CC1CCCCN1C1CCOC2(CCSCC2)C1. The molecule has 122 valence electrons. The zero-order valence-electron chi connectivity index (χ0n) is 13.4. The Morgan fingerprint density at radius 3 is 2.86 bits per heavy atom. The summed E-state index contributed by atoms with van der Waals surface area (Å²) in [6, 6.07) is 1.28. The van der Waals surface area contributed by atoms with Gasteiger partial charge in [0.1, 0.15) is 0 Å². The lowest BCUT2D eigenvalue weighted by atomic mass is 9.83. The first-order valence-corrected chi connectivity index (χ1v) is 9.99. The van der Waals surface area contributed by atoms with Gasteiger partial charge in [-0.05, 0) is 69.9 Å². The van der Waals surface area contributed by atoms with E-state index in [1.54, 1.807) is 0 Å². The van der Waals surface area contributed by atoms with Crippen LogP contribution in [0.4, 0.5) is 0 Å². The minimum atomic E-state index is -0.171. The van der Waals surface area contributed by atoms with E-state index in [-0.39, 0.29) is 11.7 Å². The van der Waals surface area contributed by atoms with Crippen molar-refractivity contribution in [3.63, 3.8) is 0 Å². The highest BCUT2D eigenvalue weighted by Crippen LogP contribution is 2.40. The lowest BCUT2D eigenvalue weighted by Crippen LogP contribution is -2.54. The number of hydrogen-bond donors (Lipinski definition) is 1. The molecule has 3 atom stereocenters. The summed E-state index contributed by atoms with van der Waals surface area (Å²) >= 11 is 2.08. The predicted octanol–water partition coefficient (Wildman–Crippen LogP) is 3.06. The molecular weight excluding hydrogens is 282 g/mol. The fourth-order valence-electron chi connectivity index (χ4n) is 4.53. The number of rotatable bonds is 3. The van der Waals surface area contributed by atoms with E-state index in [1.807, 2.05) is 6.92 Å². The standard InChI is InChI=1S/C17H31NO2S/c1-14(19)12-15-4-2-3-8-18(15)16-5-9-20-17(13-16)6-10-21-11-7-17/h14-16,19H,2-13H2,1H3. The van der Waals surface area contributed by atoms with Crippen molar-refractivity contribution in [3.8, 4) is 0 Å². The van der Waals surface area contributed by atoms with E-state index in [1.165, 1.54) is 63.0 Å². The van der Waals surface area contributed by atoms with Crippen molar-refractivity contribution in [2.45, 2.75) is 82.1 Å². The number of aliphatic hydroxyl groups is 1. The van der Waals surface area contributed by atoms with Gasteiger partial charge in [0.15, 0.2) is 0 Å². The van der Waals surface area contributed by atoms with Crippen LogP contribution in [0, 0.1) is 0 Å². The van der Waals surface area contributed by atoms with Crippen LogP contribution in [0.15, 0.2) is 0 Å². The number of ether oxygens (including phenoxy) is 1. The topological polar surface area (TPSA) is 32.7 Å². The summed E-state index contributed by atoms with van der Waals surface area (Å²) in [5.74, 6) is 2.54. The number of piperidine rings is 1. The monoisotopic (exact) mass is 313 g/mol. The molecule has 0 bridgehead atoms. The zero-order chi connectivity index (χ0) is 14.7. The number of likely N-dealkylation sites (tertiary alicyclic amines) is 1. The first kappa shape index (κ1) is 16.1. The van der Waals surface area contributed by atoms with Gasteiger partial charge in [-0.1, -0.05) is 6.42 Å². The molecule has 3 heterocycles. The number of hydrogen-bond acceptors (Lipinski definition) is 4. The van der Waals surface area contributed by atoms with Gasteiger partial charge in [0.25, 0.3) is 0 Å². The van der Waals surface area contributed by atoms with Gasteiger partial charge in [-0.3, -0.25) is 4.90 Å². The van der Waals surface area contributed by atoms with Crippen LogP contribution in [0.3, 0.4) is 0 Å². The Morgan fingerprint density at radius 1 is 1.29 bits per heavy atom. The van der Waals surface area contributed by atoms with Crippen molar-refractivity contribution in [1.82, 2.24) is 4.90 Å². The van der Waals surface area contributed by atoms with Crippen LogP contribution >= 0.6 is 11.8 Å². The minimum Gasteiger partial charge on any atom is -0.393 e. The van der Waals surface area contributed by atoms with E-state index in [4.69, 9.17) is 4.74 Å². The zero-order valence-corrected chi connectivity index (χ0v) is 14.2. The summed E-state index contributed by atoms with van der Waals surface area (Å²) in [5, 5.41) is 9.81. The minimum absolute atomic E-state index is 0.171. The maximum Gasteiger partial charge on any atom is 0.0713 e. The Hall–Kier alpha value is 0.230. The lowest BCUT2D eigenvalue weighted by Gasteiger charge is -2.49. The molecule has 4 heteroatoms. The summed E-state index contributed by atoms with van der Waals surface area (Å²) < 4.78 is 6.25. The van der Waals surface area contributed by atoms with Crippen molar-refractivity contribution >= 4 is 11.8 Å². The molecule has 0 amide bonds. The van der Waals surface area contributed by atoms with Crippen molar-refractivity contribution in [1.29, 1.82) is 0 Å². The van der Waals surface area contributed by atoms with Crippen LogP contribution in [0.25, 0.3) is 0 Å². The molecule has 3 fully saturated rings. The highest BCUT2D eigenvalue weighted by atomic mass is 32.2. The molecule has 21 heavy (non-hydrogen) atoms. The summed E-state index contributed by atoms with van der Waals surface area (Å²) in [7, 11) is 0. The van der Waals surface area contributed by atoms with Crippen LogP contribution in [-0.4, -0.2) is 58.5 Å². The number of thioether (sulfide) groups is 1. The van der Waals surface area contributed by atoms with Crippen molar-refractivity contribution < 1.29 is 9.84 Å². The Morgan fingerprint density at radius 2 is 2.10 bits per heavy atom. The van der Waals surface area contributed by atoms with Gasteiger partial charge < -0.3 is 9.84 Å². The molecule has 3 unspecified atom stereocenters. The molecule has 0 aliphatic carbocycles.